The van der Waals surface area contributed by atoms with E-state index in [-0.39, 0.29) is 10.8 Å². The maximum atomic E-state index is 2.47. The van der Waals surface area contributed by atoms with E-state index in [1.807, 2.05) is 0 Å². The van der Waals surface area contributed by atoms with Crippen LogP contribution in [0.5, 0.6) is 0 Å². The Hall–Kier alpha value is -7.16. The number of fused-ring (bicyclic) bond motifs is 4. The van der Waals surface area contributed by atoms with Gasteiger partial charge in [0.25, 0.3) is 0 Å². The average Bonchev–Trinajstić information content (AvgIpc) is 3.58. The van der Waals surface area contributed by atoms with Crippen LogP contribution < -0.4 is 9.80 Å². The zero-order chi connectivity index (χ0) is 43.3. The van der Waals surface area contributed by atoms with Gasteiger partial charge in [0.15, 0.2) is 0 Å². The highest BCUT2D eigenvalue weighted by molar-refractivity contribution is 5.95. The lowest BCUT2D eigenvalue weighted by atomic mass is 9.62. The molecule has 2 heteroatoms. The highest BCUT2D eigenvalue weighted by Crippen LogP contribution is 2.54. The first-order valence-corrected chi connectivity index (χ1v) is 23.1. The molecule has 0 heterocycles. The van der Waals surface area contributed by atoms with Crippen LogP contribution in [0.4, 0.5) is 34.1 Å². The van der Waals surface area contributed by atoms with Gasteiger partial charge in [-0.05, 0) is 147 Å². The first-order chi connectivity index (χ1) is 31.4. The third-order valence-corrected chi connectivity index (χ3v) is 14.4. The van der Waals surface area contributed by atoms with Crippen molar-refractivity contribution in [3.8, 4) is 22.3 Å². The Balaban J connectivity index is 1.00. The van der Waals surface area contributed by atoms with E-state index in [4.69, 9.17) is 0 Å². The van der Waals surface area contributed by atoms with Crippen molar-refractivity contribution >= 4 is 44.9 Å². The summed E-state index contributed by atoms with van der Waals surface area (Å²) in [6.45, 7) is 7.23. The zero-order valence-corrected chi connectivity index (χ0v) is 37.1. The number of rotatable bonds is 9. The van der Waals surface area contributed by atoms with Gasteiger partial charge in [-0.1, -0.05) is 179 Å². The molecule has 0 spiro atoms. The van der Waals surface area contributed by atoms with Crippen molar-refractivity contribution in [1.82, 2.24) is 0 Å². The summed E-state index contributed by atoms with van der Waals surface area (Å²) < 4.78 is 0. The smallest absolute Gasteiger partial charge is 0.0468 e. The molecule has 2 aliphatic carbocycles. The second kappa shape index (κ2) is 16.2. The molecule has 9 aromatic rings. The summed E-state index contributed by atoms with van der Waals surface area (Å²) in [6.07, 6.45) is 4.76. The molecule has 0 bridgehead atoms. The Bertz CT molecular complexity index is 3040. The molecule has 1 saturated carbocycles. The van der Waals surface area contributed by atoms with Crippen molar-refractivity contribution in [2.24, 2.45) is 5.92 Å². The van der Waals surface area contributed by atoms with E-state index in [0.717, 1.165) is 35.6 Å². The summed E-state index contributed by atoms with van der Waals surface area (Å²) in [6, 6.07) is 81.1. The predicted octanol–water partition coefficient (Wildman–Crippen LogP) is 17.2. The molecule has 0 aliphatic heterocycles. The molecule has 1 fully saturated rings. The summed E-state index contributed by atoms with van der Waals surface area (Å²) in [7, 11) is 0. The molecule has 2 atom stereocenters. The number of benzene rings is 9. The molecule has 2 aliphatic rings. The largest absolute Gasteiger partial charge is 0.311 e. The maximum Gasteiger partial charge on any atom is 0.0468 e. The molecule has 0 radical (unpaired) electrons. The van der Waals surface area contributed by atoms with E-state index in [1.54, 1.807) is 0 Å². The Morgan fingerprint density at radius 2 is 0.938 bits per heavy atom. The van der Waals surface area contributed by atoms with E-state index in [1.165, 1.54) is 79.5 Å². The highest BCUT2D eigenvalue weighted by Gasteiger charge is 2.40. The maximum absolute atomic E-state index is 2.47. The van der Waals surface area contributed by atoms with E-state index in [0.29, 0.717) is 5.92 Å². The lowest BCUT2D eigenvalue weighted by Gasteiger charge is -2.42. The van der Waals surface area contributed by atoms with Crippen molar-refractivity contribution in [2.45, 2.75) is 57.3 Å². The van der Waals surface area contributed by atoms with E-state index in [9.17, 15) is 0 Å². The van der Waals surface area contributed by atoms with Crippen molar-refractivity contribution < 1.29 is 0 Å². The predicted molar refractivity (Wildman–Crippen MR) is 271 cm³/mol. The van der Waals surface area contributed by atoms with E-state index in [2.05, 4.69) is 249 Å². The molecule has 0 N–H and O–H groups in total. The van der Waals surface area contributed by atoms with Crippen LogP contribution in [0.15, 0.2) is 218 Å². The van der Waals surface area contributed by atoms with Crippen molar-refractivity contribution in [3.05, 3.63) is 241 Å². The number of para-hydroxylation sites is 2. The summed E-state index contributed by atoms with van der Waals surface area (Å²) in [5.74, 6) is 0.633. The van der Waals surface area contributed by atoms with Crippen molar-refractivity contribution in [2.75, 3.05) is 9.80 Å². The molecule has 64 heavy (non-hydrogen) atoms. The van der Waals surface area contributed by atoms with Crippen LogP contribution in [0.3, 0.4) is 0 Å². The highest BCUT2D eigenvalue weighted by atomic mass is 15.1. The van der Waals surface area contributed by atoms with Gasteiger partial charge in [-0.25, -0.2) is 0 Å². The molecule has 0 saturated heterocycles. The molecular formula is C62H54N2. The third-order valence-electron chi connectivity index (χ3n) is 14.4. The summed E-state index contributed by atoms with van der Waals surface area (Å²) >= 11 is 0. The number of nitrogens with zero attached hydrogens (tertiary/aromatic N) is 2. The van der Waals surface area contributed by atoms with Crippen LogP contribution in [-0.2, 0) is 10.8 Å². The van der Waals surface area contributed by atoms with E-state index >= 15 is 0 Å². The van der Waals surface area contributed by atoms with Gasteiger partial charge in [-0.15, -0.1) is 0 Å². The summed E-state index contributed by atoms with van der Waals surface area (Å²) in [5, 5.41) is 2.48. The van der Waals surface area contributed by atoms with Crippen molar-refractivity contribution in [3.63, 3.8) is 0 Å². The third kappa shape index (κ3) is 6.90. The number of hydrogen-bond donors (Lipinski definition) is 0. The summed E-state index contributed by atoms with van der Waals surface area (Å²) in [4.78, 5) is 4.83. The zero-order valence-electron chi connectivity index (χ0n) is 37.1. The van der Waals surface area contributed by atoms with Gasteiger partial charge < -0.3 is 9.80 Å². The Morgan fingerprint density at radius 3 is 1.56 bits per heavy atom. The molecular weight excluding hydrogens is 773 g/mol. The fourth-order valence-corrected chi connectivity index (χ4v) is 11.2. The van der Waals surface area contributed by atoms with Gasteiger partial charge in [-0.3, -0.25) is 0 Å². The Labute approximate surface area is 379 Å². The quantitative estimate of drug-likeness (QED) is 0.143. The van der Waals surface area contributed by atoms with Crippen LogP contribution in [0.2, 0.25) is 0 Å². The van der Waals surface area contributed by atoms with Gasteiger partial charge in [0, 0.05) is 45.0 Å². The van der Waals surface area contributed by atoms with E-state index < -0.39 is 0 Å². The minimum absolute atomic E-state index is 0.0767. The molecule has 0 amide bonds. The fraction of sp³-hybridized carbons (Fsp3) is 0.161. The van der Waals surface area contributed by atoms with Gasteiger partial charge in [0.2, 0.25) is 0 Å². The van der Waals surface area contributed by atoms with Crippen LogP contribution in [0.1, 0.15) is 68.7 Å². The lowest BCUT2D eigenvalue weighted by molar-refractivity contribution is 0.272. The molecule has 9 aromatic carbocycles. The molecule has 2 nitrogen and oxygen atoms in total. The van der Waals surface area contributed by atoms with Gasteiger partial charge in [0.1, 0.15) is 0 Å². The number of anilines is 6. The van der Waals surface area contributed by atoms with Gasteiger partial charge in [0.05, 0.1) is 0 Å². The minimum Gasteiger partial charge on any atom is -0.311 e. The van der Waals surface area contributed by atoms with Crippen LogP contribution in [0.25, 0.3) is 33.0 Å². The molecule has 312 valence electrons. The Morgan fingerprint density at radius 1 is 0.422 bits per heavy atom. The monoisotopic (exact) mass is 826 g/mol. The number of hydrogen-bond acceptors (Lipinski definition) is 2. The minimum atomic E-state index is -0.163. The van der Waals surface area contributed by atoms with Crippen LogP contribution in [0, 0.1) is 5.92 Å². The SMILES string of the molecule is CC1CCCC(c2ccc(N(c3ccccc3)c3ccccc3)cc2)(c2ccc(N(c3ccc4c(c3)C(C)(C)c3cccc(-c5ccccc5)c3-4)c3ccc4ccccc4c3)cc2)C1. The second-order valence-corrected chi connectivity index (χ2v) is 18.7. The second-order valence-electron chi connectivity index (χ2n) is 18.7. The topological polar surface area (TPSA) is 6.48 Å². The first kappa shape index (κ1) is 39.7. The van der Waals surface area contributed by atoms with Gasteiger partial charge >= 0.3 is 0 Å². The first-order valence-electron chi connectivity index (χ1n) is 23.1. The van der Waals surface area contributed by atoms with Crippen molar-refractivity contribution in [1.29, 1.82) is 0 Å². The average molecular weight is 827 g/mol. The molecule has 2 unspecified atom stereocenters. The molecule has 0 aromatic heterocycles. The van der Waals surface area contributed by atoms with Crippen LogP contribution in [-0.4, -0.2) is 0 Å². The normalized spacial score (nSPS) is 17.4. The van der Waals surface area contributed by atoms with Crippen LogP contribution >= 0.6 is 0 Å². The fourth-order valence-electron chi connectivity index (χ4n) is 11.2. The summed E-state index contributed by atoms with van der Waals surface area (Å²) in [5.41, 5.74) is 17.5. The van der Waals surface area contributed by atoms with Gasteiger partial charge in [-0.2, -0.15) is 0 Å². The lowest BCUT2D eigenvalue weighted by Crippen LogP contribution is -2.33. The molecule has 11 rings (SSSR count). The Kier molecular flexibility index (Phi) is 10.0. The standard InChI is InChI=1S/C62H54N2/c1-44-17-16-40-62(43-44,48-29-34-52(35-30-48)63(50-22-9-5-10-23-50)51-24-11-6-12-25-51)49-31-36-53(37-32-49)64(54-33-28-45-18-13-14-21-47(45)41-54)55-38-39-57-59(42-55)61(2,3)58-27-15-26-56(60(57)58)46-19-7-4-8-20-46/h4-15,18-39,41-42,44H,16-17,40,43H2,1-3H3.